The number of ether oxygens (including phenoxy) is 1. The minimum absolute atomic E-state index is 0.556. The first-order valence-electron chi connectivity index (χ1n) is 3.56. The summed E-state index contributed by atoms with van der Waals surface area (Å²) < 4.78 is 4.97. The number of benzene rings is 1. The molecule has 0 heterocycles. The van der Waals surface area contributed by atoms with Gasteiger partial charge in [0.25, 0.3) is 0 Å². The number of aliphatic hydroxyl groups is 1. The van der Waals surface area contributed by atoms with E-state index in [-0.39, 0.29) is 0 Å². The van der Waals surface area contributed by atoms with Gasteiger partial charge in [0.15, 0.2) is 6.29 Å². The molecule has 1 rings (SSSR count). The summed E-state index contributed by atoms with van der Waals surface area (Å²) in [7, 11) is 9.78. The van der Waals surface area contributed by atoms with Crippen LogP contribution in [-0.4, -0.2) is 11.4 Å². The van der Waals surface area contributed by atoms with E-state index in [0.717, 1.165) is 0 Å². The fourth-order valence-electron chi connectivity index (χ4n) is 0.696. The number of para-hydroxylation sites is 1. The second kappa shape index (κ2) is 8.85. The summed E-state index contributed by atoms with van der Waals surface area (Å²) in [4.78, 5) is 0. The van der Waals surface area contributed by atoms with Gasteiger partial charge in [-0.25, -0.2) is 0 Å². The van der Waals surface area contributed by atoms with Gasteiger partial charge in [-0.05, 0) is 19.1 Å². The molecule has 1 unspecified atom stereocenters. The van der Waals surface area contributed by atoms with E-state index < -0.39 is 23.3 Å². The number of hydrogen-bond acceptors (Lipinski definition) is 2. The maximum atomic E-state index is 8.78. The molecular weight excluding hydrogens is 247 g/mol. The van der Waals surface area contributed by atoms with Gasteiger partial charge >= 0.3 is 35.6 Å². The Morgan fingerprint density at radius 1 is 1.31 bits per heavy atom. The Morgan fingerprint density at radius 3 is 2.15 bits per heavy atom. The van der Waals surface area contributed by atoms with Crippen LogP contribution >= 0.6 is 18.6 Å². The molecule has 5 heteroatoms. The van der Waals surface area contributed by atoms with Crippen molar-refractivity contribution in [3.63, 3.8) is 0 Å². The van der Waals surface area contributed by atoms with Gasteiger partial charge in [0.05, 0.1) is 0 Å². The second-order valence-corrected chi connectivity index (χ2v) is 4.68. The molecule has 0 saturated carbocycles. The molecule has 0 aliphatic heterocycles. The summed E-state index contributed by atoms with van der Waals surface area (Å²) in [6, 6.07) is 9.21. The van der Waals surface area contributed by atoms with Gasteiger partial charge in [0.2, 0.25) is 0 Å². The summed E-state index contributed by atoms with van der Waals surface area (Å²) >= 11 is -0.556. The van der Waals surface area contributed by atoms with Gasteiger partial charge < -0.3 is 9.84 Å². The summed E-state index contributed by atoms with van der Waals surface area (Å²) in [5, 5.41) is 8.78. The molecule has 0 aromatic heterocycles. The van der Waals surface area contributed by atoms with Crippen LogP contribution in [0.15, 0.2) is 30.3 Å². The molecule has 1 atom stereocenters. The van der Waals surface area contributed by atoms with Gasteiger partial charge in [0.1, 0.15) is 5.75 Å². The molecular formula is C8H10Cl2O2Ti. The van der Waals surface area contributed by atoms with Crippen LogP contribution < -0.4 is 4.74 Å². The molecule has 0 saturated heterocycles. The van der Waals surface area contributed by atoms with E-state index in [4.69, 9.17) is 28.5 Å². The molecule has 0 radical (unpaired) electrons. The zero-order valence-electron chi connectivity index (χ0n) is 7.08. The molecule has 1 aromatic rings. The number of rotatable bonds is 2. The van der Waals surface area contributed by atoms with E-state index in [2.05, 4.69) is 0 Å². The van der Waals surface area contributed by atoms with Crippen LogP contribution in [0, 0.1) is 0 Å². The third-order valence-corrected chi connectivity index (χ3v) is 1.05. The summed E-state index contributed by atoms with van der Waals surface area (Å²) in [5.74, 6) is 0.692. The molecule has 1 aromatic carbocycles. The molecule has 0 spiro atoms. The monoisotopic (exact) mass is 256 g/mol. The van der Waals surface area contributed by atoms with E-state index in [1.165, 1.54) is 0 Å². The molecule has 0 aliphatic carbocycles. The Balaban J connectivity index is 0.000000424. The molecule has 0 fully saturated rings. The van der Waals surface area contributed by atoms with Crippen molar-refractivity contribution in [1.82, 2.24) is 0 Å². The molecule has 72 valence electrons. The topological polar surface area (TPSA) is 29.5 Å². The van der Waals surface area contributed by atoms with Crippen molar-refractivity contribution in [2.75, 3.05) is 0 Å². The van der Waals surface area contributed by atoms with Crippen molar-refractivity contribution in [1.29, 1.82) is 0 Å². The number of hydrogen-bond donors (Lipinski definition) is 1. The molecule has 0 amide bonds. The third kappa shape index (κ3) is 8.60. The Morgan fingerprint density at radius 2 is 1.77 bits per heavy atom. The van der Waals surface area contributed by atoms with Crippen LogP contribution in [0.25, 0.3) is 0 Å². The summed E-state index contributed by atoms with van der Waals surface area (Å²) in [6.45, 7) is 1.58. The van der Waals surface area contributed by atoms with E-state index in [1.807, 2.05) is 18.2 Å². The van der Waals surface area contributed by atoms with E-state index in [9.17, 15) is 0 Å². The molecule has 13 heavy (non-hydrogen) atoms. The second-order valence-electron chi connectivity index (χ2n) is 2.10. The predicted octanol–water partition coefficient (Wildman–Crippen LogP) is 2.78. The Labute approximate surface area is 94.5 Å². The number of halogens is 2. The van der Waals surface area contributed by atoms with Gasteiger partial charge in [-0.15, -0.1) is 0 Å². The van der Waals surface area contributed by atoms with Crippen molar-refractivity contribution in [2.45, 2.75) is 13.2 Å². The molecule has 0 aliphatic rings. The Bertz CT molecular complexity index is 207. The van der Waals surface area contributed by atoms with Crippen LogP contribution in [0.2, 0.25) is 0 Å². The fraction of sp³-hybridized carbons (Fsp3) is 0.250. The van der Waals surface area contributed by atoms with Gasteiger partial charge in [-0.2, -0.15) is 0 Å². The molecule has 0 bridgehead atoms. The van der Waals surface area contributed by atoms with E-state index in [1.54, 1.807) is 19.1 Å². The molecule has 2 nitrogen and oxygen atoms in total. The number of aliphatic hydroxyl groups excluding tert-OH is 1. The van der Waals surface area contributed by atoms with Crippen molar-refractivity contribution in [3.8, 4) is 5.75 Å². The molecule has 1 N–H and O–H groups in total. The average Bonchev–Trinajstić information content (AvgIpc) is 2.06. The van der Waals surface area contributed by atoms with Crippen molar-refractivity contribution in [3.05, 3.63) is 30.3 Å². The zero-order chi connectivity index (χ0) is 10.1. The summed E-state index contributed by atoms with van der Waals surface area (Å²) in [5.41, 5.74) is 0. The zero-order valence-corrected chi connectivity index (χ0v) is 10.1. The van der Waals surface area contributed by atoms with Crippen LogP contribution in [0.5, 0.6) is 5.75 Å². The first-order chi connectivity index (χ1) is 6.20. The predicted molar refractivity (Wildman–Crippen MR) is 50.5 cm³/mol. The van der Waals surface area contributed by atoms with E-state index >= 15 is 0 Å². The van der Waals surface area contributed by atoms with Crippen molar-refractivity contribution < 1.29 is 26.9 Å². The standard InChI is InChI=1S/C8H10O2.2ClH.Ti/c1-7(9)10-8-5-3-2-4-6-8;;;/h2-7,9H,1H3;2*1H;/q;;;+2/p-2. The average molecular weight is 257 g/mol. The van der Waals surface area contributed by atoms with E-state index in [0.29, 0.717) is 5.75 Å². The third-order valence-electron chi connectivity index (χ3n) is 1.05. The quantitative estimate of drug-likeness (QED) is 0.652. The van der Waals surface area contributed by atoms with Gasteiger partial charge in [0, 0.05) is 0 Å². The minimum atomic E-state index is -0.734. The van der Waals surface area contributed by atoms with Crippen LogP contribution in [0.4, 0.5) is 0 Å². The Kier molecular flexibility index (Phi) is 9.04. The van der Waals surface area contributed by atoms with Crippen molar-refractivity contribution >= 4 is 18.6 Å². The van der Waals surface area contributed by atoms with Crippen LogP contribution in [-0.2, 0) is 17.0 Å². The van der Waals surface area contributed by atoms with Gasteiger partial charge in [-0.3, -0.25) is 0 Å². The van der Waals surface area contributed by atoms with Crippen LogP contribution in [0.1, 0.15) is 6.92 Å². The van der Waals surface area contributed by atoms with Crippen molar-refractivity contribution in [2.24, 2.45) is 0 Å². The normalized spacial score (nSPS) is 10.8. The Hall–Kier alpha value is 0.274. The first-order valence-corrected chi connectivity index (χ1v) is 7.86. The first kappa shape index (κ1) is 13.3. The SMILES string of the molecule is CC(O)Oc1ccccc1.[Cl][Ti][Cl]. The summed E-state index contributed by atoms with van der Waals surface area (Å²) in [6.07, 6.45) is -0.734. The van der Waals surface area contributed by atoms with Crippen LogP contribution in [0.3, 0.4) is 0 Å². The fourth-order valence-corrected chi connectivity index (χ4v) is 0.696. The maximum absolute atomic E-state index is 8.78. The van der Waals surface area contributed by atoms with Gasteiger partial charge in [-0.1, -0.05) is 18.2 Å².